The molecule has 80 valence electrons. The average Bonchev–Trinajstić information content (AvgIpc) is 2.17. The molecule has 5 heteroatoms. The molecular weight excluding hydrogens is 207 g/mol. The summed E-state index contributed by atoms with van der Waals surface area (Å²) in [6.45, 7) is 0. The van der Waals surface area contributed by atoms with E-state index in [2.05, 4.69) is 4.74 Å². The first kappa shape index (κ1) is 11.4. The summed E-state index contributed by atoms with van der Waals surface area (Å²) in [5.41, 5.74) is -0.605. The highest BCUT2D eigenvalue weighted by Gasteiger charge is 2.34. The van der Waals surface area contributed by atoms with Gasteiger partial charge in [0.2, 0.25) is 0 Å². The van der Waals surface area contributed by atoms with Gasteiger partial charge in [0.25, 0.3) is 5.92 Å². The maximum atomic E-state index is 13.3. The average molecular weight is 215 g/mol. The van der Waals surface area contributed by atoms with Crippen molar-refractivity contribution in [3.63, 3.8) is 0 Å². The molecule has 0 aliphatic carbocycles. The number of hydrogen-bond acceptors (Lipinski definition) is 2. The molecule has 0 amide bonds. The van der Waals surface area contributed by atoms with Crippen LogP contribution in [0.4, 0.5) is 13.2 Å². The van der Waals surface area contributed by atoms with Crippen LogP contribution in [-0.4, -0.2) is 7.11 Å². The quantitative estimate of drug-likeness (QED) is 0.776. The van der Waals surface area contributed by atoms with Crippen LogP contribution in [0, 0.1) is 17.1 Å². The highest BCUT2D eigenvalue weighted by atomic mass is 19.3. The van der Waals surface area contributed by atoms with Crippen LogP contribution >= 0.6 is 0 Å². The SMILES string of the molecule is COc1ccc(F)cc1C(F)(F)CC#N. The summed E-state index contributed by atoms with van der Waals surface area (Å²) in [5.74, 6) is -4.32. The third kappa shape index (κ3) is 2.40. The molecule has 0 bridgehead atoms. The van der Waals surface area contributed by atoms with Crippen LogP contribution in [-0.2, 0) is 5.92 Å². The summed E-state index contributed by atoms with van der Waals surface area (Å²) in [6.07, 6.45) is -1.01. The van der Waals surface area contributed by atoms with E-state index in [1.807, 2.05) is 0 Å². The van der Waals surface area contributed by atoms with Gasteiger partial charge < -0.3 is 4.74 Å². The number of hydrogen-bond donors (Lipinski definition) is 0. The van der Waals surface area contributed by atoms with Crippen molar-refractivity contribution in [3.8, 4) is 11.8 Å². The second kappa shape index (κ2) is 4.22. The lowest BCUT2D eigenvalue weighted by Gasteiger charge is -2.16. The maximum absolute atomic E-state index is 13.3. The molecule has 0 saturated carbocycles. The van der Waals surface area contributed by atoms with Crippen LogP contribution in [0.15, 0.2) is 18.2 Å². The molecular formula is C10H8F3NO. The fraction of sp³-hybridized carbons (Fsp3) is 0.300. The molecule has 15 heavy (non-hydrogen) atoms. The molecule has 2 nitrogen and oxygen atoms in total. The number of rotatable bonds is 3. The van der Waals surface area contributed by atoms with E-state index in [1.54, 1.807) is 0 Å². The highest BCUT2D eigenvalue weighted by molar-refractivity contribution is 5.37. The zero-order chi connectivity index (χ0) is 11.5. The van der Waals surface area contributed by atoms with Gasteiger partial charge in [-0.25, -0.2) is 13.2 Å². The first-order valence-corrected chi connectivity index (χ1v) is 4.10. The molecule has 1 rings (SSSR count). The first-order valence-electron chi connectivity index (χ1n) is 4.10. The zero-order valence-electron chi connectivity index (χ0n) is 7.93. The number of benzene rings is 1. The van der Waals surface area contributed by atoms with E-state index >= 15 is 0 Å². The Labute approximate surface area is 84.9 Å². The minimum Gasteiger partial charge on any atom is -0.496 e. The Bertz CT molecular complexity index is 398. The molecule has 1 aromatic rings. The Morgan fingerprint density at radius 3 is 2.67 bits per heavy atom. The topological polar surface area (TPSA) is 33.0 Å². The molecule has 0 fully saturated rings. The Hall–Kier alpha value is -1.70. The molecule has 0 atom stereocenters. The number of alkyl halides is 2. The lowest BCUT2D eigenvalue weighted by molar-refractivity contribution is -0.00158. The van der Waals surface area contributed by atoms with E-state index in [-0.39, 0.29) is 5.75 Å². The predicted molar refractivity (Wildman–Crippen MR) is 47.1 cm³/mol. The minimum atomic E-state index is -3.40. The van der Waals surface area contributed by atoms with Crippen LogP contribution in [0.1, 0.15) is 12.0 Å². The highest BCUT2D eigenvalue weighted by Crippen LogP contribution is 2.37. The largest absolute Gasteiger partial charge is 0.496 e. The molecule has 0 heterocycles. The summed E-state index contributed by atoms with van der Waals surface area (Å²) in [5, 5.41) is 8.23. The van der Waals surface area contributed by atoms with Crippen LogP contribution in [0.25, 0.3) is 0 Å². The van der Waals surface area contributed by atoms with Gasteiger partial charge in [0.1, 0.15) is 18.0 Å². The fourth-order valence-corrected chi connectivity index (χ4v) is 1.16. The van der Waals surface area contributed by atoms with E-state index in [0.29, 0.717) is 6.07 Å². The number of nitriles is 1. The lowest BCUT2D eigenvalue weighted by Crippen LogP contribution is -2.14. The van der Waals surface area contributed by atoms with E-state index in [4.69, 9.17) is 5.26 Å². The molecule has 0 aliphatic heterocycles. The van der Waals surface area contributed by atoms with Crippen LogP contribution in [0.3, 0.4) is 0 Å². The van der Waals surface area contributed by atoms with Crippen molar-refractivity contribution in [1.82, 2.24) is 0 Å². The normalized spacial score (nSPS) is 10.9. The molecule has 0 spiro atoms. The smallest absolute Gasteiger partial charge is 0.289 e. The third-order valence-electron chi connectivity index (χ3n) is 1.86. The van der Waals surface area contributed by atoms with Crippen molar-refractivity contribution < 1.29 is 17.9 Å². The van der Waals surface area contributed by atoms with E-state index in [1.165, 1.54) is 13.2 Å². The van der Waals surface area contributed by atoms with Gasteiger partial charge in [0, 0.05) is 0 Å². The standard InChI is InChI=1S/C10H8F3NO/c1-15-9-3-2-7(11)6-8(9)10(12,13)4-5-14/h2-3,6H,4H2,1H3. The number of halogens is 3. The molecule has 1 aromatic carbocycles. The fourth-order valence-electron chi connectivity index (χ4n) is 1.16. The van der Waals surface area contributed by atoms with E-state index < -0.39 is 23.7 Å². The Morgan fingerprint density at radius 2 is 2.13 bits per heavy atom. The van der Waals surface area contributed by atoms with Crippen LogP contribution in [0.5, 0.6) is 5.75 Å². The van der Waals surface area contributed by atoms with Gasteiger partial charge in [-0.1, -0.05) is 0 Å². The van der Waals surface area contributed by atoms with Gasteiger partial charge in [0.15, 0.2) is 0 Å². The minimum absolute atomic E-state index is 0.128. The number of methoxy groups -OCH3 is 1. The summed E-state index contributed by atoms with van der Waals surface area (Å²) < 4.78 is 44.1. The van der Waals surface area contributed by atoms with Gasteiger partial charge >= 0.3 is 0 Å². The molecule has 0 N–H and O–H groups in total. The lowest BCUT2D eigenvalue weighted by atomic mass is 10.0. The van der Waals surface area contributed by atoms with Crippen LogP contribution < -0.4 is 4.74 Å². The first-order chi connectivity index (χ1) is 7.01. The number of nitrogens with zero attached hydrogens (tertiary/aromatic N) is 1. The zero-order valence-corrected chi connectivity index (χ0v) is 7.93. The van der Waals surface area contributed by atoms with Crippen molar-refractivity contribution in [2.45, 2.75) is 12.3 Å². The summed E-state index contributed by atoms with van der Waals surface area (Å²) in [7, 11) is 1.21. The number of ether oxygens (including phenoxy) is 1. The van der Waals surface area contributed by atoms with Gasteiger partial charge in [-0.2, -0.15) is 5.26 Å². The van der Waals surface area contributed by atoms with Gasteiger partial charge in [-0.15, -0.1) is 0 Å². The molecule has 0 unspecified atom stereocenters. The second-order valence-electron chi connectivity index (χ2n) is 2.88. The molecule has 0 saturated heterocycles. The Morgan fingerprint density at radius 1 is 1.47 bits per heavy atom. The molecule has 0 aliphatic rings. The van der Waals surface area contributed by atoms with Gasteiger partial charge in [0.05, 0.1) is 18.7 Å². The maximum Gasteiger partial charge on any atom is 0.289 e. The van der Waals surface area contributed by atoms with Crippen LogP contribution in [0.2, 0.25) is 0 Å². The van der Waals surface area contributed by atoms with E-state index in [0.717, 1.165) is 12.1 Å². The molecule has 0 radical (unpaired) electrons. The van der Waals surface area contributed by atoms with Crippen molar-refractivity contribution >= 4 is 0 Å². The van der Waals surface area contributed by atoms with E-state index in [9.17, 15) is 13.2 Å². The van der Waals surface area contributed by atoms with Crippen molar-refractivity contribution in [2.75, 3.05) is 7.11 Å². The van der Waals surface area contributed by atoms with Gasteiger partial charge in [-0.3, -0.25) is 0 Å². The monoisotopic (exact) mass is 215 g/mol. The summed E-state index contributed by atoms with van der Waals surface area (Å²) in [6, 6.07) is 4.15. The second-order valence-corrected chi connectivity index (χ2v) is 2.88. The predicted octanol–water partition coefficient (Wildman–Crippen LogP) is 2.84. The third-order valence-corrected chi connectivity index (χ3v) is 1.86. The van der Waals surface area contributed by atoms with Crippen molar-refractivity contribution in [1.29, 1.82) is 5.26 Å². The summed E-state index contributed by atoms with van der Waals surface area (Å²) >= 11 is 0. The summed E-state index contributed by atoms with van der Waals surface area (Å²) in [4.78, 5) is 0. The van der Waals surface area contributed by atoms with Crippen molar-refractivity contribution in [2.24, 2.45) is 0 Å². The Balaban J connectivity index is 3.22. The molecule has 0 aromatic heterocycles. The van der Waals surface area contributed by atoms with Crippen molar-refractivity contribution in [3.05, 3.63) is 29.6 Å². The Kier molecular flexibility index (Phi) is 3.20. The van der Waals surface area contributed by atoms with Gasteiger partial charge in [-0.05, 0) is 18.2 Å².